The van der Waals surface area contributed by atoms with Gasteiger partial charge in [0.15, 0.2) is 22.2 Å². The molecular weight excluding hydrogens is 332 g/mol. The largest absolute Gasteiger partial charge is 0.486 e. The smallest absolute Gasteiger partial charge is 0.278 e. The number of carbonyl (C=O) groups excluding carboxylic acids is 2. The van der Waals surface area contributed by atoms with Crippen molar-refractivity contribution in [1.29, 1.82) is 0 Å². The first-order valence-electron chi connectivity index (χ1n) is 6.77. The molecule has 0 saturated heterocycles. The van der Waals surface area contributed by atoms with Crippen LogP contribution in [-0.2, 0) is 14.6 Å². The average Bonchev–Trinajstić information content (AvgIpc) is 2.49. The van der Waals surface area contributed by atoms with Gasteiger partial charge in [-0.1, -0.05) is 6.92 Å². The molecule has 1 rings (SSSR count). The SMILES string of the molecule is CCS(=O)(=O)C(CC=O)C(=O)c1ccc(OCC(C)(F)F)cn1. The Kier molecular flexibility index (Phi) is 6.31. The zero-order valence-corrected chi connectivity index (χ0v) is 13.5. The molecule has 0 bridgehead atoms. The molecule has 1 heterocycles. The van der Waals surface area contributed by atoms with Crippen LogP contribution in [0.5, 0.6) is 5.75 Å². The number of aromatic nitrogens is 1. The van der Waals surface area contributed by atoms with Crippen LogP contribution in [0.25, 0.3) is 0 Å². The number of ether oxygens (including phenoxy) is 1. The number of pyridine rings is 1. The van der Waals surface area contributed by atoms with E-state index in [1.807, 2.05) is 0 Å². The van der Waals surface area contributed by atoms with Crippen molar-refractivity contribution in [2.24, 2.45) is 0 Å². The van der Waals surface area contributed by atoms with E-state index in [4.69, 9.17) is 4.74 Å². The normalized spacial score (nSPS) is 13.4. The molecular formula is C14H17F2NO5S. The van der Waals surface area contributed by atoms with Crippen LogP contribution in [0.1, 0.15) is 30.8 Å². The minimum absolute atomic E-state index is 0.0216. The zero-order chi connectivity index (χ0) is 17.7. The highest BCUT2D eigenvalue weighted by Gasteiger charge is 2.32. The number of alkyl halides is 2. The predicted molar refractivity (Wildman–Crippen MR) is 78.6 cm³/mol. The van der Waals surface area contributed by atoms with E-state index in [0.29, 0.717) is 13.2 Å². The Hall–Kier alpha value is -1.90. The van der Waals surface area contributed by atoms with E-state index in [1.54, 1.807) is 0 Å². The first kappa shape index (κ1) is 19.1. The molecule has 23 heavy (non-hydrogen) atoms. The van der Waals surface area contributed by atoms with Gasteiger partial charge in [-0.15, -0.1) is 0 Å². The van der Waals surface area contributed by atoms with Crippen molar-refractivity contribution in [3.8, 4) is 5.75 Å². The zero-order valence-electron chi connectivity index (χ0n) is 12.7. The Morgan fingerprint density at radius 1 is 1.43 bits per heavy atom. The van der Waals surface area contributed by atoms with Crippen LogP contribution < -0.4 is 4.74 Å². The standard InChI is InChI=1S/C14H17F2NO5S/c1-3-23(20,21)12(6-7-18)13(19)11-5-4-10(8-17-11)22-9-14(2,15)16/h4-5,7-8,12H,3,6,9H2,1-2H3. The molecule has 128 valence electrons. The monoisotopic (exact) mass is 349 g/mol. The van der Waals surface area contributed by atoms with Gasteiger partial charge >= 0.3 is 0 Å². The van der Waals surface area contributed by atoms with Crippen LogP contribution in [0.15, 0.2) is 18.3 Å². The molecule has 1 unspecified atom stereocenters. The summed E-state index contributed by atoms with van der Waals surface area (Å²) >= 11 is 0. The van der Waals surface area contributed by atoms with E-state index in [1.165, 1.54) is 19.1 Å². The number of ketones is 1. The highest BCUT2D eigenvalue weighted by Crippen LogP contribution is 2.18. The molecule has 0 N–H and O–H groups in total. The van der Waals surface area contributed by atoms with Crippen LogP contribution in [0.4, 0.5) is 8.78 Å². The van der Waals surface area contributed by atoms with Crippen LogP contribution in [0.2, 0.25) is 0 Å². The fraction of sp³-hybridized carbons (Fsp3) is 0.500. The molecule has 0 aromatic carbocycles. The van der Waals surface area contributed by atoms with Crippen LogP contribution in [-0.4, -0.2) is 49.0 Å². The summed E-state index contributed by atoms with van der Waals surface area (Å²) in [6, 6.07) is 2.41. The second kappa shape index (κ2) is 7.58. The van der Waals surface area contributed by atoms with Crippen LogP contribution in [0, 0.1) is 0 Å². The van der Waals surface area contributed by atoms with E-state index in [9.17, 15) is 26.8 Å². The maximum atomic E-state index is 12.7. The minimum Gasteiger partial charge on any atom is -0.486 e. The lowest BCUT2D eigenvalue weighted by molar-refractivity contribution is -0.107. The molecule has 0 aliphatic carbocycles. The Balaban J connectivity index is 2.93. The van der Waals surface area contributed by atoms with Crippen molar-refractivity contribution in [1.82, 2.24) is 4.98 Å². The topological polar surface area (TPSA) is 90.4 Å². The first-order chi connectivity index (χ1) is 10.6. The van der Waals surface area contributed by atoms with Crippen molar-refractivity contribution < 1.29 is 31.5 Å². The molecule has 1 atom stereocenters. The van der Waals surface area contributed by atoms with E-state index in [0.717, 1.165) is 6.20 Å². The fourth-order valence-corrected chi connectivity index (χ4v) is 2.91. The van der Waals surface area contributed by atoms with Crippen molar-refractivity contribution in [2.45, 2.75) is 31.4 Å². The second-order valence-electron chi connectivity index (χ2n) is 4.94. The maximum absolute atomic E-state index is 12.7. The van der Waals surface area contributed by atoms with Crippen LogP contribution in [0.3, 0.4) is 0 Å². The summed E-state index contributed by atoms with van der Waals surface area (Å²) in [6.07, 6.45) is 0.948. The van der Waals surface area contributed by atoms with E-state index < -0.39 is 39.8 Å². The van der Waals surface area contributed by atoms with Gasteiger partial charge in [0.05, 0.1) is 6.20 Å². The highest BCUT2D eigenvalue weighted by atomic mass is 32.2. The third-order valence-electron chi connectivity index (χ3n) is 2.92. The van der Waals surface area contributed by atoms with Gasteiger partial charge in [0.25, 0.3) is 5.92 Å². The maximum Gasteiger partial charge on any atom is 0.278 e. The summed E-state index contributed by atoms with van der Waals surface area (Å²) in [4.78, 5) is 26.6. The van der Waals surface area contributed by atoms with Crippen molar-refractivity contribution >= 4 is 21.9 Å². The quantitative estimate of drug-likeness (QED) is 0.498. The lowest BCUT2D eigenvalue weighted by Gasteiger charge is -2.14. The highest BCUT2D eigenvalue weighted by molar-refractivity contribution is 7.92. The van der Waals surface area contributed by atoms with E-state index in [-0.39, 0.29) is 17.2 Å². The van der Waals surface area contributed by atoms with Gasteiger partial charge in [0, 0.05) is 19.1 Å². The molecule has 0 saturated carbocycles. The number of aldehydes is 1. The third kappa shape index (κ3) is 5.66. The number of rotatable bonds is 9. The van der Waals surface area contributed by atoms with Crippen molar-refractivity contribution in [3.05, 3.63) is 24.0 Å². The van der Waals surface area contributed by atoms with Crippen molar-refractivity contribution in [3.63, 3.8) is 0 Å². The first-order valence-corrected chi connectivity index (χ1v) is 8.48. The number of halogens is 2. The predicted octanol–water partition coefficient (Wildman–Crippen LogP) is 1.69. The molecule has 1 aromatic heterocycles. The number of carbonyl (C=O) groups is 2. The number of hydrogen-bond donors (Lipinski definition) is 0. The second-order valence-corrected chi connectivity index (χ2v) is 7.42. The van der Waals surface area contributed by atoms with Gasteiger partial charge in [-0.2, -0.15) is 0 Å². The average molecular weight is 349 g/mol. The number of Topliss-reactive ketones (excluding diaryl/α,β-unsaturated/α-hetero) is 1. The van der Waals surface area contributed by atoms with Gasteiger partial charge in [-0.05, 0) is 12.1 Å². The van der Waals surface area contributed by atoms with Gasteiger partial charge in [-0.25, -0.2) is 22.2 Å². The molecule has 9 heteroatoms. The fourth-order valence-electron chi connectivity index (χ4n) is 1.69. The summed E-state index contributed by atoms with van der Waals surface area (Å²) in [5.41, 5.74) is -0.176. The summed E-state index contributed by atoms with van der Waals surface area (Å²) in [5, 5.41) is -1.50. The summed E-state index contributed by atoms with van der Waals surface area (Å²) in [7, 11) is -3.76. The third-order valence-corrected chi connectivity index (χ3v) is 5.00. The summed E-state index contributed by atoms with van der Waals surface area (Å²) in [6.45, 7) is 1.22. The van der Waals surface area contributed by atoms with Gasteiger partial charge in [-0.3, -0.25) is 4.79 Å². The summed E-state index contributed by atoms with van der Waals surface area (Å²) in [5.74, 6) is -4.09. The Bertz CT molecular complexity index is 653. The lowest BCUT2D eigenvalue weighted by atomic mass is 10.1. The molecule has 0 radical (unpaired) electrons. The molecule has 1 aromatic rings. The Morgan fingerprint density at radius 3 is 2.52 bits per heavy atom. The van der Waals surface area contributed by atoms with Crippen molar-refractivity contribution in [2.75, 3.05) is 12.4 Å². The Morgan fingerprint density at radius 2 is 2.09 bits per heavy atom. The van der Waals surface area contributed by atoms with E-state index in [2.05, 4.69) is 4.98 Å². The molecule has 0 fully saturated rings. The molecule has 0 aliphatic rings. The van der Waals surface area contributed by atoms with E-state index >= 15 is 0 Å². The number of sulfone groups is 1. The number of nitrogens with zero attached hydrogens (tertiary/aromatic N) is 1. The van der Waals surface area contributed by atoms with Gasteiger partial charge < -0.3 is 9.53 Å². The molecule has 0 spiro atoms. The minimum atomic E-state index is -3.76. The molecule has 6 nitrogen and oxygen atoms in total. The Labute approximate surface area is 132 Å². The lowest BCUT2D eigenvalue weighted by Crippen LogP contribution is -2.32. The van der Waals surface area contributed by atoms with Gasteiger partial charge in [0.1, 0.15) is 23.0 Å². The molecule has 0 amide bonds. The van der Waals surface area contributed by atoms with Gasteiger partial charge in [0.2, 0.25) is 0 Å². The number of hydrogen-bond acceptors (Lipinski definition) is 6. The van der Waals surface area contributed by atoms with Crippen LogP contribution >= 0.6 is 0 Å². The summed E-state index contributed by atoms with van der Waals surface area (Å²) < 4.78 is 53.9. The molecule has 0 aliphatic heterocycles.